The summed E-state index contributed by atoms with van der Waals surface area (Å²) in [6, 6.07) is 4.16. The highest BCUT2D eigenvalue weighted by molar-refractivity contribution is 5.27. The Kier molecular flexibility index (Phi) is 4.19. The van der Waals surface area contributed by atoms with Crippen LogP contribution in [0.5, 0.6) is 5.75 Å². The fourth-order valence-corrected chi connectivity index (χ4v) is 2.62. The number of pyridine rings is 1. The highest BCUT2D eigenvalue weighted by Gasteiger charge is 2.23. The van der Waals surface area contributed by atoms with Gasteiger partial charge in [-0.25, -0.2) is 0 Å². The van der Waals surface area contributed by atoms with Crippen LogP contribution in [0.25, 0.3) is 0 Å². The Bertz CT molecular complexity index is 408. The van der Waals surface area contributed by atoms with Crippen molar-refractivity contribution in [3.05, 3.63) is 23.5 Å². The van der Waals surface area contributed by atoms with E-state index in [-0.39, 0.29) is 0 Å². The van der Waals surface area contributed by atoms with Crippen LogP contribution in [0, 0.1) is 6.92 Å². The van der Waals surface area contributed by atoms with Gasteiger partial charge in [0.15, 0.2) is 0 Å². The Balaban J connectivity index is 2.00. The molecular weight excluding hydrogens is 226 g/mol. The van der Waals surface area contributed by atoms with Crippen LogP contribution in [0.4, 0.5) is 0 Å². The van der Waals surface area contributed by atoms with E-state index in [2.05, 4.69) is 28.6 Å². The van der Waals surface area contributed by atoms with Crippen LogP contribution in [0.3, 0.4) is 0 Å². The van der Waals surface area contributed by atoms with E-state index in [1.54, 1.807) is 6.07 Å². The zero-order valence-corrected chi connectivity index (χ0v) is 11.6. The Morgan fingerprint density at radius 3 is 2.83 bits per heavy atom. The molecule has 0 aromatic carbocycles. The van der Waals surface area contributed by atoms with E-state index in [1.807, 2.05) is 13.0 Å². The molecule has 1 atom stereocenters. The average molecular weight is 249 g/mol. The van der Waals surface area contributed by atoms with Gasteiger partial charge in [0.1, 0.15) is 5.75 Å². The van der Waals surface area contributed by atoms with Crippen molar-refractivity contribution in [2.45, 2.75) is 33.4 Å². The molecule has 18 heavy (non-hydrogen) atoms. The molecule has 0 amide bonds. The zero-order valence-electron chi connectivity index (χ0n) is 11.6. The number of nitrogens with zero attached hydrogens (tertiary/aromatic N) is 3. The SMILES string of the molecule is CCN1CCN(Cc2nc(C)ccc2O)CC1C. The molecular formula is C14H23N3O. The van der Waals surface area contributed by atoms with Crippen molar-refractivity contribution in [2.75, 3.05) is 26.2 Å². The van der Waals surface area contributed by atoms with Gasteiger partial charge in [-0.05, 0) is 32.5 Å². The third kappa shape index (κ3) is 3.00. The summed E-state index contributed by atoms with van der Waals surface area (Å²) < 4.78 is 0. The Hall–Kier alpha value is -1.13. The highest BCUT2D eigenvalue weighted by atomic mass is 16.3. The molecule has 1 aliphatic heterocycles. The summed E-state index contributed by atoms with van der Waals surface area (Å²) in [4.78, 5) is 9.29. The number of hydrogen-bond donors (Lipinski definition) is 1. The van der Waals surface area contributed by atoms with Crippen LogP contribution in [-0.2, 0) is 6.54 Å². The van der Waals surface area contributed by atoms with E-state index in [0.29, 0.717) is 11.8 Å². The summed E-state index contributed by atoms with van der Waals surface area (Å²) in [5.74, 6) is 0.311. The van der Waals surface area contributed by atoms with E-state index < -0.39 is 0 Å². The van der Waals surface area contributed by atoms with Crippen LogP contribution in [0.2, 0.25) is 0 Å². The van der Waals surface area contributed by atoms with E-state index in [1.165, 1.54) is 0 Å². The number of aromatic hydroxyl groups is 1. The molecule has 2 heterocycles. The molecule has 1 fully saturated rings. The van der Waals surface area contributed by atoms with Gasteiger partial charge in [0, 0.05) is 37.9 Å². The smallest absolute Gasteiger partial charge is 0.138 e. The molecule has 4 heteroatoms. The maximum Gasteiger partial charge on any atom is 0.138 e. The second-order valence-electron chi connectivity index (χ2n) is 5.13. The van der Waals surface area contributed by atoms with Gasteiger partial charge >= 0.3 is 0 Å². The zero-order chi connectivity index (χ0) is 13.1. The molecule has 0 spiro atoms. The first-order valence-electron chi connectivity index (χ1n) is 6.72. The summed E-state index contributed by atoms with van der Waals surface area (Å²) >= 11 is 0. The lowest BCUT2D eigenvalue weighted by Gasteiger charge is -2.39. The first-order valence-corrected chi connectivity index (χ1v) is 6.72. The monoisotopic (exact) mass is 249 g/mol. The van der Waals surface area contributed by atoms with Crippen molar-refractivity contribution < 1.29 is 5.11 Å². The first-order chi connectivity index (χ1) is 8.60. The summed E-state index contributed by atoms with van der Waals surface area (Å²) in [5, 5.41) is 9.83. The number of likely N-dealkylation sites (N-methyl/N-ethyl adjacent to an activating group) is 1. The van der Waals surface area contributed by atoms with E-state index >= 15 is 0 Å². The maximum atomic E-state index is 9.83. The van der Waals surface area contributed by atoms with Crippen molar-refractivity contribution >= 4 is 0 Å². The van der Waals surface area contributed by atoms with Crippen LogP contribution in [-0.4, -0.2) is 52.1 Å². The van der Waals surface area contributed by atoms with Gasteiger partial charge in [-0.1, -0.05) is 6.92 Å². The van der Waals surface area contributed by atoms with Gasteiger partial charge < -0.3 is 5.11 Å². The lowest BCUT2D eigenvalue weighted by Crippen LogP contribution is -2.51. The normalized spacial score (nSPS) is 22.3. The molecule has 1 N–H and O–H groups in total. The Morgan fingerprint density at radius 1 is 1.39 bits per heavy atom. The number of rotatable bonds is 3. The molecule has 1 aromatic rings. The molecule has 0 aliphatic carbocycles. The predicted molar refractivity (Wildman–Crippen MR) is 72.6 cm³/mol. The van der Waals surface area contributed by atoms with E-state index in [9.17, 15) is 5.11 Å². The van der Waals surface area contributed by atoms with Crippen molar-refractivity contribution in [3.8, 4) is 5.75 Å². The largest absolute Gasteiger partial charge is 0.506 e. The van der Waals surface area contributed by atoms with Crippen molar-refractivity contribution in [3.63, 3.8) is 0 Å². The average Bonchev–Trinajstić information content (AvgIpc) is 2.34. The van der Waals surface area contributed by atoms with Crippen molar-refractivity contribution in [1.29, 1.82) is 0 Å². The minimum Gasteiger partial charge on any atom is -0.506 e. The third-order valence-corrected chi connectivity index (χ3v) is 3.72. The summed E-state index contributed by atoms with van der Waals surface area (Å²) in [6.45, 7) is 11.5. The predicted octanol–water partition coefficient (Wildman–Crippen LogP) is 1.62. The van der Waals surface area contributed by atoms with Crippen molar-refractivity contribution in [2.24, 2.45) is 0 Å². The first kappa shape index (κ1) is 13.3. The molecule has 0 saturated carbocycles. The van der Waals surface area contributed by atoms with Crippen LogP contribution in [0.1, 0.15) is 25.2 Å². The molecule has 1 aromatic heterocycles. The lowest BCUT2D eigenvalue weighted by molar-refractivity contribution is 0.0820. The molecule has 1 saturated heterocycles. The highest BCUT2D eigenvalue weighted by Crippen LogP contribution is 2.18. The van der Waals surface area contributed by atoms with Gasteiger partial charge in [0.05, 0.1) is 5.69 Å². The minimum absolute atomic E-state index is 0.311. The quantitative estimate of drug-likeness (QED) is 0.883. The Morgan fingerprint density at radius 2 is 2.17 bits per heavy atom. The summed E-state index contributed by atoms with van der Waals surface area (Å²) in [7, 11) is 0. The summed E-state index contributed by atoms with van der Waals surface area (Å²) in [5.41, 5.74) is 1.76. The second-order valence-corrected chi connectivity index (χ2v) is 5.13. The number of piperazine rings is 1. The molecule has 1 aliphatic rings. The Labute approximate surface area is 109 Å². The van der Waals surface area contributed by atoms with Crippen LogP contribution >= 0.6 is 0 Å². The third-order valence-electron chi connectivity index (χ3n) is 3.72. The summed E-state index contributed by atoms with van der Waals surface area (Å²) in [6.07, 6.45) is 0. The fraction of sp³-hybridized carbons (Fsp3) is 0.643. The fourth-order valence-electron chi connectivity index (χ4n) is 2.62. The topological polar surface area (TPSA) is 39.6 Å². The van der Waals surface area contributed by atoms with Crippen molar-refractivity contribution in [1.82, 2.24) is 14.8 Å². The minimum atomic E-state index is 0.311. The lowest BCUT2D eigenvalue weighted by atomic mass is 10.1. The van der Waals surface area contributed by atoms with Gasteiger partial charge in [-0.3, -0.25) is 14.8 Å². The van der Waals surface area contributed by atoms with Gasteiger partial charge in [0.2, 0.25) is 0 Å². The second kappa shape index (κ2) is 5.67. The van der Waals surface area contributed by atoms with Gasteiger partial charge in [0.25, 0.3) is 0 Å². The van der Waals surface area contributed by atoms with Gasteiger partial charge in [-0.2, -0.15) is 0 Å². The van der Waals surface area contributed by atoms with Crippen LogP contribution in [0.15, 0.2) is 12.1 Å². The standard InChI is InChI=1S/C14H23N3O/c1-4-17-8-7-16(9-12(17)3)10-13-14(18)6-5-11(2)15-13/h5-6,12,18H,4,7-10H2,1-3H3. The molecule has 0 bridgehead atoms. The number of aromatic nitrogens is 1. The molecule has 100 valence electrons. The van der Waals surface area contributed by atoms with E-state index in [0.717, 1.165) is 44.1 Å². The number of aryl methyl sites for hydroxylation is 1. The van der Waals surface area contributed by atoms with E-state index in [4.69, 9.17) is 0 Å². The number of hydrogen-bond acceptors (Lipinski definition) is 4. The maximum absolute atomic E-state index is 9.83. The molecule has 2 rings (SSSR count). The van der Waals surface area contributed by atoms with Gasteiger partial charge in [-0.15, -0.1) is 0 Å². The van der Waals surface area contributed by atoms with Crippen LogP contribution < -0.4 is 0 Å². The molecule has 1 unspecified atom stereocenters. The molecule has 0 radical (unpaired) electrons. The molecule has 4 nitrogen and oxygen atoms in total.